The van der Waals surface area contributed by atoms with Gasteiger partial charge in [0.2, 0.25) is 0 Å². The molecule has 72 valence electrons. The van der Waals surface area contributed by atoms with Crippen molar-refractivity contribution in [2.75, 3.05) is 27.2 Å². The van der Waals surface area contributed by atoms with Gasteiger partial charge in [-0.15, -0.1) is 0 Å². The molecule has 0 fully saturated rings. The zero-order chi connectivity index (χ0) is 9.64. The molecule has 0 saturated carbocycles. The van der Waals surface area contributed by atoms with Crippen molar-refractivity contribution < 1.29 is 0 Å². The average molecular weight is 178 g/mol. The Kier molecular flexibility index (Phi) is 1.69. The summed E-state index contributed by atoms with van der Waals surface area (Å²) in [5, 5.41) is 0. The van der Waals surface area contributed by atoms with Crippen LogP contribution in [0.5, 0.6) is 0 Å². The molecule has 13 heavy (non-hydrogen) atoms. The minimum absolute atomic E-state index is 0.221. The number of rotatable bonds is 0. The predicted octanol–water partition coefficient (Wildman–Crippen LogP) is 1.67. The van der Waals surface area contributed by atoms with E-state index in [1.165, 1.54) is 11.4 Å². The maximum Gasteiger partial charge on any atom is 0.0565 e. The van der Waals surface area contributed by atoms with Gasteiger partial charge in [-0.1, -0.05) is 19.9 Å². The van der Waals surface area contributed by atoms with Crippen molar-refractivity contribution in [1.82, 2.24) is 9.80 Å². The molecular formula is C11H18N2. The van der Waals surface area contributed by atoms with Crippen LogP contribution in [-0.4, -0.2) is 37.0 Å². The van der Waals surface area contributed by atoms with Crippen LogP contribution < -0.4 is 0 Å². The van der Waals surface area contributed by atoms with Crippen LogP contribution in [0.1, 0.15) is 13.8 Å². The maximum absolute atomic E-state index is 2.38. The maximum atomic E-state index is 2.38. The molecule has 0 radical (unpaired) electrons. The number of nitrogens with zero attached hydrogens (tertiary/aromatic N) is 2. The van der Waals surface area contributed by atoms with E-state index in [1.54, 1.807) is 0 Å². The van der Waals surface area contributed by atoms with Crippen LogP contribution in [-0.2, 0) is 0 Å². The lowest BCUT2D eigenvalue weighted by Gasteiger charge is -2.38. The first-order valence-corrected chi connectivity index (χ1v) is 4.88. The summed E-state index contributed by atoms with van der Waals surface area (Å²) < 4.78 is 0. The fraction of sp³-hybridized carbons (Fsp3) is 0.636. The third kappa shape index (κ3) is 1.16. The quantitative estimate of drug-likeness (QED) is 0.557. The molecule has 0 unspecified atom stereocenters. The minimum Gasteiger partial charge on any atom is -0.374 e. The molecule has 1 aliphatic heterocycles. The summed E-state index contributed by atoms with van der Waals surface area (Å²) >= 11 is 0. The highest BCUT2D eigenvalue weighted by atomic mass is 15.2. The van der Waals surface area contributed by atoms with E-state index >= 15 is 0 Å². The molecule has 0 N–H and O–H groups in total. The van der Waals surface area contributed by atoms with Gasteiger partial charge >= 0.3 is 0 Å². The fourth-order valence-corrected chi connectivity index (χ4v) is 2.30. The van der Waals surface area contributed by atoms with Crippen molar-refractivity contribution >= 4 is 0 Å². The van der Waals surface area contributed by atoms with E-state index in [9.17, 15) is 0 Å². The Morgan fingerprint density at radius 3 is 2.38 bits per heavy atom. The van der Waals surface area contributed by atoms with E-state index in [-0.39, 0.29) is 5.41 Å². The molecule has 0 aromatic rings. The molecule has 0 spiro atoms. The number of hydrogen-bond donors (Lipinski definition) is 0. The van der Waals surface area contributed by atoms with E-state index in [1.807, 2.05) is 0 Å². The number of likely N-dealkylation sites (N-methyl/N-ethyl adjacent to an activating group) is 2. The Labute approximate surface area is 80.5 Å². The lowest BCUT2D eigenvalue weighted by Crippen LogP contribution is -2.39. The summed E-state index contributed by atoms with van der Waals surface area (Å²) in [6.07, 6.45) is 4.56. The standard InChI is InChI=1S/C11H18N2/c1-11(2)6-5-9-10(11)13(4)8-7-12(9)3/h5-6H,7-8H2,1-4H3. The van der Waals surface area contributed by atoms with Crippen molar-refractivity contribution in [2.24, 2.45) is 5.41 Å². The normalized spacial score (nSPS) is 25.5. The lowest BCUT2D eigenvalue weighted by atomic mass is 9.90. The van der Waals surface area contributed by atoms with Gasteiger partial charge in [-0.25, -0.2) is 0 Å². The molecule has 0 saturated heterocycles. The Balaban J connectivity index is 2.45. The SMILES string of the molecule is CN1CCN(C)C2=C1C=CC2(C)C. The smallest absolute Gasteiger partial charge is 0.0565 e. The van der Waals surface area contributed by atoms with Gasteiger partial charge in [0.05, 0.1) is 5.70 Å². The van der Waals surface area contributed by atoms with Crippen LogP contribution >= 0.6 is 0 Å². The van der Waals surface area contributed by atoms with Gasteiger partial charge in [-0.05, 0) is 6.08 Å². The molecule has 2 rings (SSSR count). The van der Waals surface area contributed by atoms with Gasteiger partial charge in [0, 0.05) is 38.3 Å². The number of allylic oxidation sites excluding steroid dienone is 2. The summed E-state index contributed by atoms with van der Waals surface area (Å²) in [6.45, 7) is 6.83. The topological polar surface area (TPSA) is 6.48 Å². The third-order valence-corrected chi connectivity index (χ3v) is 3.07. The second kappa shape index (κ2) is 2.53. The van der Waals surface area contributed by atoms with Crippen molar-refractivity contribution in [3.63, 3.8) is 0 Å². The molecule has 0 amide bonds. The zero-order valence-electron chi connectivity index (χ0n) is 8.96. The van der Waals surface area contributed by atoms with Gasteiger partial charge in [-0.3, -0.25) is 0 Å². The molecule has 2 heteroatoms. The van der Waals surface area contributed by atoms with Crippen LogP contribution in [0.4, 0.5) is 0 Å². The summed E-state index contributed by atoms with van der Waals surface area (Å²) in [5.74, 6) is 0. The minimum atomic E-state index is 0.221. The second-order valence-corrected chi connectivity index (χ2v) is 4.63. The van der Waals surface area contributed by atoms with Gasteiger partial charge in [0.15, 0.2) is 0 Å². The highest BCUT2D eigenvalue weighted by Crippen LogP contribution is 2.40. The Morgan fingerprint density at radius 1 is 1.15 bits per heavy atom. The highest BCUT2D eigenvalue weighted by molar-refractivity contribution is 5.39. The fourth-order valence-electron chi connectivity index (χ4n) is 2.30. The van der Waals surface area contributed by atoms with Gasteiger partial charge in [-0.2, -0.15) is 0 Å². The highest BCUT2D eigenvalue weighted by Gasteiger charge is 2.34. The van der Waals surface area contributed by atoms with Crippen molar-refractivity contribution in [3.05, 3.63) is 23.5 Å². The lowest BCUT2D eigenvalue weighted by molar-refractivity contribution is 0.249. The van der Waals surface area contributed by atoms with E-state index < -0.39 is 0 Å². The molecule has 2 nitrogen and oxygen atoms in total. The summed E-state index contributed by atoms with van der Waals surface area (Å²) in [7, 11) is 4.37. The first-order valence-electron chi connectivity index (χ1n) is 4.88. The summed E-state index contributed by atoms with van der Waals surface area (Å²) in [4.78, 5) is 4.73. The van der Waals surface area contributed by atoms with Crippen LogP contribution in [0.3, 0.4) is 0 Å². The first-order chi connectivity index (χ1) is 6.02. The zero-order valence-corrected chi connectivity index (χ0v) is 8.96. The summed E-state index contributed by atoms with van der Waals surface area (Å²) in [6, 6.07) is 0. The molecule has 1 heterocycles. The number of hydrogen-bond acceptors (Lipinski definition) is 2. The van der Waals surface area contributed by atoms with Crippen LogP contribution in [0.15, 0.2) is 23.5 Å². The molecular weight excluding hydrogens is 160 g/mol. The third-order valence-electron chi connectivity index (χ3n) is 3.07. The second-order valence-electron chi connectivity index (χ2n) is 4.63. The molecule has 1 aliphatic carbocycles. The first kappa shape index (κ1) is 8.67. The molecule has 0 atom stereocenters. The molecule has 0 aromatic carbocycles. The predicted molar refractivity (Wildman–Crippen MR) is 55.2 cm³/mol. The molecule has 2 aliphatic rings. The van der Waals surface area contributed by atoms with Crippen LogP contribution in [0.25, 0.3) is 0 Å². The largest absolute Gasteiger partial charge is 0.374 e. The van der Waals surface area contributed by atoms with Crippen molar-refractivity contribution in [2.45, 2.75) is 13.8 Å². The van der Waals surface area contributed by atoms with E-state index in [2.05, 4.69) is 49.9 Å². The van der Waals surface area contributed by atoms with E-state index in [0.29, 0.717) is 0 Å². The molecule has 0 bridgehead atoms. The van der Waals surface area contributed by atoms with Crippen LogP contribution in [0, 0.1) is 5.41 Å². The van der Waals surface area contributed by atoms with Crippen molar-refractivity contribution in [3.8, 4) is 0 Å². The van der Waals surface area contributed by atoms with E-state index in [4.69, 9.17) is 0 Å². The Bertz CT molecular complexity index is 286. The Hall–Kier alpha value is -0.920. The van der Waals surface area contributed by atoms with Gasteiger partial charge < -0.3 is 9.80 Å². The molecule has 0 aromatic heterocycles. The van der Waals surface area contributed by atoms with Crippen LogP contribution in [0.2, 0.25) is 0 Å². The monoisotopic (exact) mass is 178 g/mol. The van der Waals surface area contributed by atoms with E-state index in [0.717, 1.165) is 13.1 Å². The summed E-state index contributed by atoms with van der Waals surface area (Å²) in [5.41, 5.74) is 3.10. The van der Waals surface area contributed by atoms with Gasteiger partial charge in [0.1, 0.15) is 0 Å². The van der Waals surface area contributed by atoms with Gasteiger partial charge in [0.25, 0.3) is 0 Å². The Morgan fingerprint density at radius 2 is 1.77 bits per heavy atom. The average Bonchev–Trinajstić information content (AvgIpc) is 2.36. The van der Waals surface area contributed by atoms with Crippen molar-refractivity contribution in [1.29, 1.82) is 0 Å².